The number of phenols is 1. The lowest BCUT2D eigenvalue weighted by atomic mass is 10.0. The molecule has 0 saturated carbocycles. The number of carbonyl (C=O) groups is 1. The minimum atomic E-state index is 0.0795. The molecular weight excluding hydrogens is 683 g/mol. The highest BCUT2D eigenvalue weighted by Crippen LogP contribution is 2.34. The molecule has 0 aliphatic heterocycles. The van der Waals surface area contributed by atoms with E-state index >= 15 is 0 Å². The number of rotatable bonds is 38. The van der Waals surface area contributed by atoms with Crippen LogP contribution in [0.1, 0.15) is 226 Å². The zero-order valence-electron chi connectivity index (χ0n) is 35.3. The molecule has 2 aromatic rings. The maximum absolute atomic E-state index is 12.9. The number of aromatic hydroxyl groups is 1. The molecule has 2 rings (SSSR count). The van der Waals surface area contributed by atoms with Gasteiger partial charge in [-0.05, 0) is 49.2 Å². The molecule has 308 valence electrons. The number of ether oxygens (including phenoxy) is 1. The molecule has 0 aliphatic carbocycles. The Morgan fingerprint density at radius 1 is 0.500 bits per heavy atom. The smallest absolute Gasteiger partial charge is 0.224 e. The number of benzene rings is 2. The van der Waals surface area contributed by atoms with Gasteiger partial charge in [-0.3, -0.25) is 4.79 Å². The number of phenolic OH excluding ortho intramolecular Hbond substituents is 1. The number of anilines is 1. The first-order valence-corrected chi connectivity index (χ1v) is 24.0. The molecule has 0 aliphatic rings. The Labute approximate surface area is 338 Å². The van der Waals surface area contributed by atoms with Crippen LogP contribution in [0.4, 0.5) is 5.69 Å². The topological polar surface area (TPSA) is 58.6 Å². The Bertz CT molecular complexity index is 1140. The van der Waals surface area contributed by atoms with Crippen molar-refractivity contribution in [2.45, 2.75) is 236 Å². The molecule has 0 atom stereocenters. The predicted molar refractivity (Wildman–Crippen MR) is 237 cm³/mol. The number of hydrogen-bond donors (Lipinski definition) is 2. The second kappa shape index (κ2) is 35.3. The molecule has 0 fully saturated rings. The first kappa shape index (κ1) is 48.0. The van der Waals surface area contributed by atoms with Crippen LogP contribution in [0.15, 0.2) is 52.3 Å². The SMILES string of the molecule is CCCCCCCCCCCCCCCCCCOc1cc(NC(=O)CCCCCCCCCCCCCCCCCC)cc(Sc2ccc(O)cc2)c1. The molecule has 0 spiro atoms. The zero-order chi connectivity index (χ0) is 38.6. The molecule has 0 aromatic heterocycles. The highest BCUT2D eigenvalue weighted by Gasteiger charge is 2.09. The van der Waals surface area contributed by atoms with Crippen LogP contribution in [-0.2, 0) is 4.79 Å². The standard InChI is InChI=1S/C49H83NO3S/c1-3-5-7-9-11-13-15-17-19-21-23-25-27-29-31-33-35-49(52)50-44-41-46(43-48(42-44)54-47-38-36-45(51)37-39-47)53-40-34-32-30-28-26-24-22-20-18-16-14-12-10-8-6-4-2/h36-39,41-43,51H,3-35,40H2,1-2H3,(H,50,52). The van der Waals surface area contributed by atoms with Crippen molar-refractivity contribution in [3.05, 3.63) is 42.5 Å². The van der Waals surface area contributed by atoms with Gasteiger partial charge in [0.25, 0.3) is 0 Å². The Morgan fingerprint density at radius 2 is 0.889 bits per heavy atom. The van der Waals surface area contributed by atoms with Crippen LogP contribution < -0.4 is 10.1 Å². The first-order chi connectivity index (χ1) is 26.6. The van der Waals surface area contributed by atoms with Crippen molar-refractivity contribution in [2.75, 3.05) is 11.9 Å². The Hall–Kier alpha value is -2.14. The summed E-state index contributed by atoms with van der Waals surface area (Å²) in [6, 6.07) is 13.3. The van der Waals surface area contributed by atoms with E-state index in [4.69, 9.17) is 4.74 Å². The third-order valence-electron chi connectivity index (χ3n) is 10.8. The summed E-state index contributed by atoms with van der Waals surface area (Å²) in [5, 5.41) is 12.9. The summed E-state index contributed by atoms with van der Waals surface area (Å²) < 4.78 is 6.23. The van der Waals surface area contributed by atoms with Gasteiger partial charge in [0.1, 0.15) is 11.5 Å². The first-order valence-electron chi connectivity index (χ1n) is 23.1. The van der Waals surface area contributed by atoms with Crippen molar-refractivity contribution in [3.8, 4) is 11.5 Å². The summed E-state index contributed by atoms with van der Waals surface area (Å²) in [4.78, 5) is 15.0. The van der Waals surface area contributed by atoms with Crippen molar-refractivity contribution >= 4 is 23.4 Å². The molecule has 4 nitrogen and oxygen atoms in total. The highest BCUT2D eigenvalue weighted by atomic mass is 32.2. The zero-order valence-corrected chi connectivity index (χ0v) is 36.1. The van der Waals surface area contributed by atoms with E-state index in [0.717, 1.165) is 40.5 Å². The lowest BCUT2D eigenvalue weighted by Gasteiger charge is -2.13. The van der Waals surface area contributed by atoms with E-state index in [-0.39, 0.29) is 11.7 Å². The van der Waals surface area contributed by atoms with Crippen molar-refractivity contribution in [1.82, 2.24) is 0 Å². The second-order valence-corrected chi connectivity index (χ2v) is 17.2. The Balaban J connectivity index is 1.59. The summed E-state index contributed by atoms with van der Waals surface area (Å²) in [5.74, 6) is 1.14. The van der Waals surface area contributed by atoms with E-state index in [2.05, 4.69) is 25.2 Å². The molecule has 2 aromatic carbocycles. The molecule has 0 saturated heterocycles. The van der Waals surface area contributed by atoms with E-state index in [1.54, 1.807) is 23.9 Å². The second-order valence-electron chi connectivity index (χ2n) is 16.0. The van der Waals surface area contributed by atoms with Gasteiger partial charge >= 0.3 is 0 Å². The van der Waals surface area contributed by atoms with Crippen LogP contribution in [0, 0.1) is 0 Å². The maximum atomic E-state index is 12.9. The number of carbonyl (C=O) groups excluding carboxylic acids is 1. The minimum Gasteiger partial charge on any atom is -0.508 e. The van der Waals surface area contributed by atoms with Crippen LogP contribution in [0.5, 0.6) is 11.5 Å². The monoisotopic (exact) mass is 766 g/mol. The van der Waals surface area contributed by atoms with Crippen LogP contribution in [-0.4, -0.2) is 17.6 Å². The summed E-state index contributed by atoms with van der Waals surface area (Å²) in [5.41, 5.74) is 0.794. The molecule has 1 amide bonds. The van der Waals surface area contributed by atoms with Crippen LogP contribution in [0.2, 0.25) is 0 Å². The molecule has 0 bridgehead atoms. The summed E-state index contributed by atoms with van der Waals surface area (Å²) in [6.07, 6.45) is 43.6. The average molecular weight is 766 g/mol. The number of hydrogen-bond acceptors (Lipinski definition) is 4. The molecule has 0 unspecified atom stereocenters. The number of unbranched alkanes of at least 4 members (excludes halogenated alkanes) is 30. The van der Waals surface area contributed by atoms with Gasteiger partial charge in [0, 0.05) is 28.0 Å². The Morgan fingerprint density at radius 3 is 1.31 bits per heavy atom. The molecule has 5 heteroatoms. The van der Waals surface area contributed by atoms with E-state index in [1.807, 2.05) is 24.3 Å². The van der Waals surface area contributed by atoms with Crippen LogP contribution >= 0.6 is 11.8 Å². The maximum Gasteiger partial charge on any atom is 0.224 e. The van der Waals surface area contributed by atoms with Crippen LogP contribution in [0.3, 0.4) is 0 Å². The largest absolute Gasteiger partial charge is 0.508 e. The van der Waals surface area contributed by atoms with Gasteiger partial charge in [-0.15, -0.1) is 0 Å². The predicted octanol–water partition coefficient (Wildman–Crippen LogP) is 16.8. The molecule has 2 N–H and O–H groups in total. The lowest BCUT2D eigenvalue weighted by Crippen LogP contribution is -2.11. The highest BCUT2D eigenvalue weighted by molar-refractivity contribution is 7.99. The number of amides is 1. The van der Waals surface area contributed by atoms with Gasteiger partial charge in [-0.25, -0.2) is 0 Å². The molecule has 0 heterocycles. The van der Waals surface area contributed by atoms with E-state index in [1.165, 1.54) is 186 Å². The van der Waals surface area contributed by atoms with Crippen molar-refractivity contribution in [1.29, 1.82) is 0 Å². The van der Waals surface area contributed by atoms with Crippen LogP contribution in [0.25, 0.3) is 0 Å². The van der Waals surface area contributed by atoms with Gasteiger partial charge in [0.15, 0.2) is 0 Å². The van der Waals surface area contributed by atoms with E-state index < -0.39 is 0 Å². The fraction of sp³-hybridized carbons (Fsp3) is 0.735. The molecule has 54 heavy (non-hydrogen) atoms. The third kappa shape index (κ3) is 28.3. The third-order valence-corrected chi connectivity index (χ3v) is 11.7. The van der Waals surface area contributed by atoms with E-state index in [0.29, 0.717) is 13.0 Å². The normalized spacial score (nSPS) is 11.3. The lowest BCUT2D eigenvalue weighted by molar-refractivity contribution is -0.116. The summed E-state index contributed by atoms with van der Waals surface area (Å²) in [7, 11) is 0. The average Bonchev–Trinajstić information content (AvgIpc) is 3.16. The van der Waals surface area contributed by atoms with Gasteiger partial charge < -0.3 is 15.2 Å². The van der Waals surface area contributed by atoms with Crippen molar-refractivity contribution in [2.24, 2.45) is 0 Å². The van der Waals surface area contributed by atoms with Crippen molar-refractivity contribution < 1.29 is 14.6 Å². The molecular formula is C49H83NO3S. The van der Waals surface area contributed by atoms with Gasteiger partial charge in [0.2, 0.25) is 5.91 Å². The molecule has 0 radical (unpaired) electrons. The summed E-state index contributed by atoms with van der Waals surface area (Å²) >= 11 is 1.61. The van der Waals surface area contributed by atoms with E-state index in [9.17, 15) is 9.90 Å². The van der Waals surface area contributed by atoms with Gasteiger partial charge in [-0.2, -0.15) is 0 Å². The van der Waals surface area contributed by atoms with Gasteiger partial charge in [-0.1, -0.05) is 218 Å². The quantitative estimate of drug-likeness (QED) is 0.0669. The fourth-order valence-electron chi connectivity index (χ4n) is 7.33. The fourth-order valence-corrected chi connectivity index (χ4v) is 8.24. The summed E-state index contributed by atoms with van der Waals surface area (Å²) in [6.45, 7) is 5.27. The minimum absolute atomic E-state index is 0.0795. The number of nitrogens with one attached hydrogen (secondary N) is 1. The van der Waals surface area contributed by atoms with Gasteiger partial charge in [0.05, 0.1) is 6.61 Å². The van der Waals surface area contributed by atoms with Crippen molar-refractivity contribution in [3.63, 3.8) is 0 Å². The Kier molecular flexibility index (Phi) is 31.4.